The predicted octanol–water partition coefficient (Wildman–Crippen LogP) is 3.14. The molecule has 0 bridgehead atoms. The SMILES string of the molecule is CC1(C)C=C(c2cccc(N)n2)c2cc(C#N)ccc2O1. The van der Waals surface area contributed by atoms with Crippen molar-refractivity contribution in [3.05, 3.63) is 59.3 Å². The van der Waals surface area contributed by atoms with Gasteiger partial charge in [-0.15, -0.1) is 0 Å². The number of anilines is 1. The van der Waals surface area contributed by atoms with Crippen LogP contribution in [0.2, 0.25) is 0 Å². The summed E-state index contributed by atoms with van der Waals surface area (Å²) in [4.78, 5) is 4.39. The molecule has 0 saturated carbocycles. The maximum absolute atomic E-state index is 9.10. The number of nitrogens with two attached hydrogens (primary N) is 1. The highest BCUT2D eigenvalue weighted by Gasteiger charge is 2.28. The molecule has 1 aliphatic rings. The van der Waals surface area contributed by atoms with E-state index in [9.17, 15) is 0 Å². The Morgan fingerprint density at radius 1 is 1.24 bits per heavy atom. The van der Waals surface area contributed by atoms with Crippen LogP contribution >= 0.6 is 0 Å². The van der Waals surface area contributed by atoms with Crippen LogP contribution < -0.4 is 10.5 Å². The topological polar surface area (TPSA) is 71.9 Å². The van der Waals surface area contributed by atoms with E-state index in [1.807, 2.05) is 44.2 Å². The monoisotopic (exact) mass is 277 g/mol. The standard InChI is InChI=1S/C17H15N3O/c1-17(2)9-13(14-4-3-5-16(19)20-14)12-8-11(10-18)6-7-15(12)21-17/h3-9H,1-2H3,(H2,19,20). The number of fused-ring (bicyclic) bond motifs is 1. The van der Waals surface area contributed by atoms with Gasteiger partial charge < -0.3 is 10.5 Å². The van der Waals surface area contributed by atoms with Crippen molar-refractivity contribution in [2.45, 2.75) is 19.4 Å². The number of ether oxygens (including phenoxy) is 1. The van der Waals surface area contributed by atoms with Crippen LogP contribution in [0.3, 0.4) is 0 Å². The molecule has 0 aliphatic carbocycles. The molecular weight excluding hydrogens is 262 g/mol. The summed E-state index contributed by atoms with van der Waals surface area (Å²) in [5.41, 5.74) is 8.52. The van der Waals surface area contributed by atoms with E-state index in [1.165, 1.54) is 0 Å². The summed E-state index contributed by atoms with van der Waals surface area (Å²) < 4.78 is 5.96. The number of nitriles is 1. The first kappa shape index (κ1) is 13.2. The number of pyridine rings is 1. The van der Waals surface area contributed by atoms with Crippen molar-refractivity contribution < 1.29 is 4.74 Å². The molecule has 1 aromatic carbocycles. The molecule has 4 nitrogen and oxygen atoms in total. The van der Waals surface area contributed by atoms with Gasteiger partial charge in [0.25, 0.3) is 0 Å². The van der Waals surface area contributed by atoms with E-state index in [0.717, 1.165) is 22.6 Å². The third-order valence-electron chi connectivity index (χ3n) is 3.31. The largest absolute Gasteiger partial charge is 0.483 e. The summed E-state index contributed by atoms with van der Waals surface area (Å²) in [5, 5.41) is 9.10. The molecule has 1 aromatic heterocycles. The van der Waals surface area contributed by atoms with E-state index in [2.05, 4.69) is 11.1 Å². The van der Waals surface area contributed by atoms with Crippen LogP contribution in [0.15, 0.2) is 42.5 Å². The van der Waals surface area contributed by atoms with Gasteiger partial charge in [0.15, 0.2) is 0 Å². The van der Waals surface area contributed by atoms with Gasteiger partial charge in [0, 0.05) is 11.1 Å². The Morgan fingerprint density at radius 3 is 2.76 bits per heavy atom. The molecule has 1 aliphatic heterocycles. The molecule has 104 valence electrons. The van der Waals surface area contributed by atoms with E-state index >= 15 is 0 Å². The van der Waals surface area contributed by atoms with Gasteiger partial charge >= 0.3 is 0 Å². The van der Waals surface area contributed by atoms with E-state index < -0.39 is 5.60 Å². The van der Waals surface area contributed by atoms with Gasteiger partial charge in [-0.1, -0.05) is 6.07 Å². The number of nitrogen functional groups attached to an aromatic ring is 1. The Bertz CT molecular complexity index is 785. The molecule has 0 fully saturated rings. The van der Waals surface area contributed by atoms with Gasteiger partial charge in [0.1, 0.15) is 17.2 Å². The number of hydrogen-bond donors (Lipinski definition) is 1. The minimum absolute atomic E-state index is 0.442. The maximum Gasteiger partial charge on any atom is 0.128 e. The summed E-state index contributed by atoms with van der Waals surface area (Å²) >= 11 is 0. The van der Waals surface area contributed by atoms with Crippen LogP contribution in [-0.4, -0.2) is 10.6 Å². The zero-order valence-electron chi connectivity index (χ0n) is 11.9. The van der Waals surface area contributed by atoms with Crippen LogP contribution in [0.25, 0.3) is 5.57 Å². The lowest BCUT2D eigenvalue weighted by Gasteiger charge is -2.31. The average Bonchev–Trinajstić information content (AvgIpc) is 2.45. The van der Waals surface area contributed by atoms with Crippen molar-refractivity contribution >= 4 is 11.4 Å². The maximum atomic E-state index is 9.10. The third kappa shape index (κ3) is 2.46. The molecular formula is C17H15N3O. The van der Waals surface area contributed by atoms with Crippen molar-refractivity contribution in [3.8, 4) is 11.8 Å². The van der Waals surface area contributed by atoms with E-state index in [0.29, 0.717) is 11.4 Å². The summed E-state index contributed by atoms with van der Waals surface area (Å²) in [6, 6.07) is 13.1. The molecule has 4 heteroatoms. The smallest absolute Gasteiger partial charge is 0.128 e. The lowest BCUT2D eigenvalue weighted by Crippen LogP contribution is -2.29. The molecule has 21 heavy (non-hydrogen) atoms. The van der Waals surface area contributed by atoms with E-state index in [-0.39, 0.29) is 0 Å². The number of benzene rings is 1. The first-order valence-electron chi connectivity index (χ1n) is 6.68. The van der Waals surface area contributed by atoms with E-state index in [1.54, 1.807) is 12.1 Å². The zero-order chi connectivity index (χ0) is 15.0. The lowest BCUT2D eigenvalue weighted by molar-refractivity contribution is 0.158. The molecule has 0 amide bonds. The van der Waals surface area contributed by atoms with E-state index in [4.69, 9.17) is 15.7 Å². The molecule has 0 unspecified atom stereocenters. The fourth-order valence-electron chi connectivity index (χ4n) is 2.45. The zero-order valence-corrected chi connectivity index (χ0v) is 11.9. The van der Waals surface area contributed by atoms with Crippen LogP contribution in [-0.2, 0) is 0 Å². The molecule has 2 N–H and O–H groups in total. The molecule has 0 atom stereocenters. The Labute approximate surface area is 123 Å². The molecule has 2 aromatic rings. The van der Waals surface area contributed by atoms with Crippen LogP contribution in [0, 0.1) is 11.3 Å². The Kier molecular flexibility index (Phi) is 2.91. The summed E-state index contributed by atoms with van der Waals surface area (Å²) in [6.07, 6.45) is 2.01. The van der Waals surface area contributed by atoms with Crippen molar-refractivity contribution in [2.75, 3.05) is 5.73 Å². The van der Waals surface area contributed by atoms with Crippen LogP contribution in [0.5, 0.6) is 5.75 Å². The van der Waals surface area contributed by atoms with Crippen LogP contribution in [0.1, 0.15) is 30.7 Å². The van der Waals surface area contributed by atoms with Gasteiger partial charge in [-0.05, 0) is 50.3 Å². The Hall–Kier alpha value is -2.80. The fourth-order valence-corrected chi connectivity index (χ4v) is 2.45. The van der Waals surface area contributed by atoms with Crippen LogP contribution in [0.4, 0.5) is 5.82 Å². The highest BCUT2D eigenvalue weighted by atomic mass is 16.5. The Morgan fingerprint density at radius 2 is 2.05 bits per heavy atom. The normalized spacial score (nSPS) is 15.4. The number of aromatic nitrogens is 1. The minimum Gasteiger partial charge on any atom is -0.483 e. The highest BCUT2D eigenvalue weighted by Crippen LogP contribution is 2.39. The summed E-state index contributed by atoms with van der Waals surface area (Å²) in [7, 11) is 0. The molecule has 0 radical (unpaired) electrons. The average molecular weight is 277 g/mol. The second-order valence-electron chi connectivity index (χ2n) is 5.53. The van der Waals surface area contributed by atoms with Crippen molar-refractivity contribution in [1.82, 2.24) is 4.98 Å². The van der Waals surface area contributed by atoms with Gasteiger partial charge in [0.05, 0.1) is 17.3 Å². The second-order valence-corrected chi connectivity index (χ2v) is 5.53. The predicted molar refractivity (Wildman–Crippen MR) is 81.6 cm³/mol. The van der Waals surface area contributed by atoms with Gasteiger partial charge in [-0.25, -0.2) is 4.98 Å². The summed E-state index contributed by atoms with van der Waals surface area (Å²) in [5.74, 6) is 1.22. The van der Waals surface area contributed by atoms with Gasteiger partial charge in [0.2, 0.25) is 0 Å². The first-order valence-corrected chi connectivity index (χ1v) is 6.68. The lowest BCUT2D eigenvalue weighted by atomic mass is 9.91. The third-order valence-corrected chi connectivity index (χ3v) is 3.31. The molecule has 0 spiro atoms. The van der Waals surface area contributed by atoms with Gasteiger partial charge in [-0.3, -0.25) is 0 Å². The Balaban J connectivity index is 2.23. The molecule has 2 heterocycles. The van der Waals surface area contributed by atoms with Gasteiger partial charge in [-0.2, -0.15) is 5.26 Å². The highest BCUT2D eigenvalue weighted by molar-refractivity contribution is 5.84. The quantitative estimate of drug-likeness (QED) is 0.869. The molecule has 0 saturated heterocycles. The van der Waals surface area contributed by atoms with Crippen molar-refractivity contribution in [2.24, 2.45) is 0 Å². The first-order chi connectivity index (χ1) is 9.98. The summed E-state index contributed by atoms with van der Waals surface area (Å²) in [6.45, 7) is 3.97. The van der Waals surface area contributed by atoms with Crippen molar-refractivity contribution in [1.29, 1.82) is 5.26 Å². The number of hydrogen-bond acceptors (Lipinski definition) is 4. The van der Waals surface area contributed by atoms with Crippen molar-refractivity contribution in [3.63, 3.8) is 0 Å². The fraction of sp³-hybridized carbons (Fsp3) is 0.176. The minimum atomic E-state index is -0.442. The second kappa shape index (κ2) is 4.64. The number of rotatable bonds is 1. The number of nitrogens with zero attached hydrogens (tertiary/aromatic N) is 2. The molecule has 3 rings (SSSR count).